The van der Waals surface area contributed by atoms with Gasteiger partial charge in [0.15, 0.2) is 0 Å². The zero-order valence-corrected chi connectivity index (χ0v) is 10.9. The van der Waals surface area contributed by atoms with Gasteiger partial charge in [-0.2, -0.15) is 0 Å². The summed E-state index contributed by atoms with van der Waals surface area (Å²) >= 11 is 1.39. The Balaban J connectivity index is 2.08. The van der Waals surface area contributed by atoms with Crippen LogP contribution >= 0.6 is 11.8 Å². The standard InChI is InChI=1S/C14H13FN2OS/c15-12-6-1-2-7-13(12)19-9-10-4-3-5-11(8-10)14(18)17-16/h1-8H,9,16H2,(H,17,18). The Bertz CT molecular complexity index is 589. The van der Waals surface area contributed by atoms with Crippen molar-refractivity contribution in [3.63, 3.8) is 0 Å². The van der Waals surface area contributed by atoms with E-state index in [0.29, 0.717) is 16.2 Å². The number of hydrazine groups is 1. The molecule has 0 aliphatic heterocycles. The first kappa shape index (κ1) is 13.6. The lowest BCUT2D eigenvalue weighted by atomic mass is 10.1. The molecule has 5 heteroatoms. The van der Waals surface area contributed by atoms with Crippen molar-refractivity contribution in [3.8, 4) is 0 Å². The second kappa shape index (κ2) is 6.36. The van der Waals surface area contributed by atoms with Crippen molar-refractivity contribution in [2.24, 2.45) is 5.84 Å². The van der Waals surface area contributed by atoms with Crippen LogP contribution in [0.15, 0.2) is 53.4 Å². The number of nitrogens with one attached hydrogen (secondary N) is 1. The molecule has 0 bridgehead atoms. The molecule has 0 aliphatic rings. The maximum Gasteiger partial charge on any atom is 0.265 e. The third kappa shape index (κ3) is 3.56. The average Bonchev–Trinajstić information content (AvgIpc) is 2.46. The lowest BCUT2D eigenvalue weighted by Gasteiger charge is -2.05. The maximum absolute atomic E-state index is 13.5. The number of nitrogen functional groups attached to an aromatic ring is 1. The molecule has 98 valence electrons. The van der Waals surface area contributed by atoms with Gasteiger partial charge in [0.05, 0.1) is 0 Å². The van der Waals surface area contributed by atoms with Crippen LogP contribution in [0.3, 0.4) is 0 Å². The number of thioether (sulfide) groups is 1. The smallest absolute Gasteiger partial charge is 0.265 e. The number of nitrogens with two attached hydrogens (primary N) is 1. The highest BCUT2D eigenvalue weighted by Crippen LogP contribution is 2.25. The lowest BCUT2D eigenvalue weighted by Crippen LogP contribution is -2.29. The van der Waals surface area contributed by atoms with Crippen LogP contribution in [0.2, 0.25) is 0 Å². The van der Waals surface area contributed by atoms with Gasteiger partial charge in [0.25, 0.3) is 5.91 Å². The highest BCUT2D eigenvalue weighted by molar-refractivity contribution is 7.98. The first-order chi connectivity index (χ1) is 9.20. The molecule has 0 atom stereocenters. The second-order valence-corrected chi connectivity index (χ2v) is 4.91. The summed E-state index contributed by atoms with van der Waals surface area (Å²) in [5.41, 5.74) is 3.52. The van der Waals surface area contributed by atoms with Crippen molar-refractivity contribution in [1.29, 1.82) is 0 Å². The van der Waals surface area contributed by atoms with Crippen molar-refractivity contribution >= 4 is 17.7 Å². The van der Waals surface area contributed by atoms with E-state index in [1.54, 1.807) is 36.4 Å². The molecule has 0 saturated heterocycles. The van der Waals surface area contributed by atoms with E-state index in [1.165, 1.54) is 17.8 Å². The van der Waals surface area contributed by atoms with Crippen molar-refractivity contribution in [3.05, 3.63) is 65.5 Å². The summed E-state index contributed by atoms with van der Waals surface area (Å²) in [5, 5.41) is 0. The van der Waals surface area contributed by atoms with Crippen LogP contribution in [0.4, 0.5) is 4.39 Å². The fraction of sp³-hybridized carbons (Fsp3) is 0.0714. The van der Waals surface area contributed by atoms with Gasteiger partial charge in [0.2, 0.25) is 0 Å². The average molecular weight is 276 g/mol. The Labute approximate surface area is 115 Å². The highest BCUT2D eigenvalue weighted by atomic mass is 32.2. The number of halogens is 1. The largest absolute Gasteiger partial charge is 0.290 e. The van der Waals surface area contributed by atoms with Crippen LogP contribution in [-0.4, -0.2) is 5.91 Å². The Hall–Kier alpha value is -1.85. The van der Waals surface area contributed by atoms with Crippen molar-refractivity contribution in [1.82, 2.24) is 5.43 Å². The highest BCUT2D eigenvalue weighted by Gasteiger charge is 2.05. The first-order valence-corrected chi connectivity index (χ1v) is 6.66. The number of carbonyl (C=O) groups is 1. The fourth-order valence-corrected chi connectivity index (χ4v) is 2.49. The Kier molecular flexibility index (Phi) is 4.54. The van der Waals surface area contributed by atoms with E-state index in [-0.39, 0.29) is 11.7 Å². The van der Waals surface area contributed by atoms with Crippen LogP contribution in [0, 0.1) is 5.82 Å². The summed E-state index contributed by atoms with van der Waals surface area (Å²) in [5.74, 6) is 5.11. The third-order valence-corrected chi connectivity index (χ3v) is 3.67. The molecule has 0 radical (unpaired) electrons. The molecular weight excluding hydrogens is 263 g/mol. The molecule has 0 unspecified atom stereocenters. The molecule has 3 N–H and O–H groups in total. The van der Waals surface area contributed by atoms with Crippen LogP contribution in [0.1, 0.15) is 15.9 Å². The zero-order chi connectivity index (χ0) is 13.7. The van der Waals surface area contributed by atoms with Gasteiger partial charge in [-0.3, -0.25) is 10.2 Å². The van der Waals surface area contributed by atoms with E-state index in [2.05, 4.69) is 5.43 Å². The topological polar surface area (TPSA) is 55.1 Å². The van der Waals surface area contributed by atoms with E-state index >= 15 is 0 Å². The number of hydrogen-bond acceptors (Lipinski definition) is 3. The summed E-state index contributed by atoms with van der Waals surface area (Å²) in [6.07, 6.45) is 0. The number of carbonyl (C=O) groups excluding carboxylic acids is 1. The van der Waals surface area contributed by atoms with Crippen LogP contribution in [-0.2, 0) is 5.75 Å². The molecular formula is C14H13FN2OS. The number of hydrogen-bond donors (Lipinski definition) is 2. The first-order valence-electron chi connectivity index (χ1n) is 5.68. The van der Waals surface area contributed by atoms with Crippen molar-refractivity contribution < 1.29 is 9.18 Å². The fourth-order valence-electron chi connectivity index (χ4n) is 1.61. The molecule has 0 fully saturated rings. The van der Waals surface area contributed by atoms with Gasteiger partial charge in [0.1, 0.15) is 5.82 Å². The summed E-state index contributed by atoms with van der Waals surface area (Å²) in [7, 11) is 0. The Morgan fingerprint density at radius 3 is 2.74 bits per heavy atom. The summed E-state index contributed by atoms with van der Waals surface area (Å²) in [6, 6.07) is 13.7. The molecule has 19 heavy (non-hydrogen) atoms. The third-order valence-electron chi connectivity index (χ3n) is 2.55. The molecule has 3 nitrogen and oxygen atoms in total. The molecule has 0 saturated carbocycles. The summed E-state index contributed by atoms with van der Waals surface area (Å²) in [6.45, 7) is 0. The SMILES string of the molecule is NNC(=O)c1cccc(CSc2ccccc2F)c1. The Morgan fingerprint density at radius 1 is 1.21 bits per heavy atom. The minimum atomic E-state index is -0.335. The predicted molar refractivity (Wildman–Crippen MR) is 74.1 cm³/mol. The summed E-state index contributed by atoms with van der Waals surface area (Å²) in [4.78, 5) is 12.0. The minimum absolute atomic E-state index is 0.233. The van der Waals surface area contributed by atoms with Gasteiger partial charge >= 0.3 is 0 Å². The molecule has 2 aromatic rings. The molecule has 0 aromatic heterocycles. The van der Waals surface area contributed by atoms with E-state index in [9.17, 15) is 9.18 Å². The quantitative estimate of drug-likeness (QED) is 0.391. The molecule has 0 heterocycles. The van der Waals surface area contributed by atoms with Gasteiger partial charge in [-0.1, -0.05) is 24.3 Å². The van der Waals surface area contributed by atoms with Gasteiger partial charge in [-0.15, -0.1) is 11.8 Å². The monoisotopic (exact) mass is 276 g/mol. The van der Waals surface area contributed by atoms with Crippen molar-refractivity contribution in [2.45, 2.75) is 10.6 Å². The van der Waals surface area contributed by atoms with Gasteiger partial charge in [-0.25, -0.2) is 10.2 Å². The van der Waals surface area contributed by atoms with E-state index in [4.69, 9.17) is 5.84 Å². The lowest BCUT2D eigenvalue weighted by molar-refractivity contribution is 0.0953. The molecule has 1 amide bonds. The molecule has 2 aromatic carbocycles. The second-order valence-electron chi connectivity index (χ2n) is 3.89. The number of amides is 1. The number of rotatable bonds is 4. The summed E-state index contributed by atoms with van der Waals surface area (Å²) < 4.78 is 13.5. The Morgan fingerprint density at radius 2 is 2.00 bits per heavy atom. The van der Waals surface area contributed by atoms with Gasteiger partial charge < -0.3 is 0 Å². The maximum atomic E-state index is 13.5. The minimum Gasteiger partial charge on any atom is -0.290 e. The normalized spacial score (nSPS) is 10.2. The van der Waals surface area contributed by atoms with E-state index in [1.807, 2.05) is 6.07 Å². The van der Waals surface area contributed by atoms with Gasteiger partial charge in [-0.05, 0) is 29.8 Å². The number of benzene rings is 2. The molecule has 2 rings (SSSR count). The molecule has 0 spiro atoms. The van der Waals surface area contributed by atoms with E-state index < -0.39 is 0 Å². The van der Waals surface area contributed by atoms with Gasteiger partial charge in [0, 0.05) is 16.2 Å². The zero-order valence-electron chi connectivity index (χ0n) is 10.1. The van der Waals surface area contributed by atoms with E-state index in [0.717, 1.165) is 5.56 Å². The van der Waals surface area contributed by atoms with Crippen LogP contribution < -0.4 is 11.3 Å². The van der Waals surface area contributed by atoms with Crippen molar-refractivity contribution in [2.75, 3.05) is 0 Å². The molecule has 0 aliphatic carbocycles. The predicted octanol–water partition coefficient (Wildman–Crippen LogP) is 2.72. The van der Waals surface area contributed by atoms with Crippen LogP contribution in [0.25, 0.3) is 0 Å². The van der Waals surface area contributed by atoms with Crippen LogP contribution in [0.5, 0.6) is 0 Å².